The largest absolute Gasteiger partial charge is 0.294 e. The van der Waals surface area contributed by atoms with Crippen molar-refractivity contribution in [2.75, 3.05) is 0 Å². The molecule has 1 nitrogen and oxygen atoms in total. The topological polar surface area (TPSA) is 17.1 Å². The molecule has 0 N–H and O–H groups in total. The molecule has 0 saturated carbocycles. The fourth-order valence-corrected chi connectivity index (χ4v) is 3.23. The van der Waals surface area contributed by atoms with Crippen LogP contribution in [0, 0.1) is 10.8 Å². The molecule has 0 spiro atoms. The number of carbonyl (C=O) groups is 1. The zero-order chi connectivity index (χ0) is 21.3. The minimum Gasteiger partial charge on any atom is -0.294 e. The summed E-state index contributed by atoms with van der Waals surface area (Å²) in [6, 6.07) is 12.5. The molecule has 0 saturated heterocycles. The van der Waals surface area contributed by atoms with Crippen LogP contribution in [-0.4, -0.2) is 10.5 Å². The van der Waals surface area contributed by atoms with Gasteiger partial charge in [-0.25, -0.2) is 0 Å². The van der Waals surface area contributed by atoms with Crippen LogP contribution in [-0.2, 0) is 0 Å². The summed E-state index contributed by atoms with van der Waals surface area (Å²) in [4.78, 5) is 12.7. The van der Waals surface area contributed by atoms with Crippen molar-refractivity contribution in [1.29, 1.82) is 0 Å². The van der Waals surface area contributed by atoms with Crippen molar-refractivity contribution < 1.29 is 4.79 Å². The molecule has 0 amide bonds. The lowest BCUT2D eigenvalue weighted by molar-refractivity contribution is 0.0929. The van der Waals surface area contributed by atoms with Crippen LogP contribution < -0.4 is 0 Å². The van der Waals surface area contributed by atoms with Crippen molar-refractivity contribution in [1.82, 2.24) is 0 Å². The third-order valence-corrected chi connectivity index (χ3v) is 7.08. The molecule has 0 aromatic heterocycles. The van der Waals surface area contributed by atoms with Crippen LogP contribution in [0.5, 0.6) is 0 Å². The molecule has 0 unspecified atom stereocenters. The molecule has 2 aromatic carbocycles. The highest BCUT2D eigenvalue weighted by molar-refractivity contribution is 7.81. The van der Waals surface area contributed by atoms with Gasteiger partial charge in [0.05, 0.1) is 0 Å². The second kappa shape index (κ2) is 8.06. The molecule has 2 rings (SSSR count). The van der Waals surface area contributed by atoms with E-state index in [1.807, 2.05) is 12.1 Å². The Bertz CT molecular complexity index is 881. The van der Waals surface area contributed by atoms with Gasteiger partial charge >= 0.3 is 0 Å². The average Bonchev–Trinajstić information content (AvgIpc) is 2.59. The van der Waals surface area contributed by atoms with Crippen LogP contribution >= 0.6 is 12.6 Å². The van der Waals surface area contributed by atoms with E-state index in [4.69, 9.17) is 12.6 Å². The monoisotopic (exact) mass is 396 g/mol. The Labute approximate surface area is 177 Å². The molecule has 28 heavy (non-hydrogen) atoms. The number of hydrogen-bond acceptors (Lipinski definition) is 2. The van der Waals surface area contributed by atoms with Crippen LogP contribution in [0.3, 0.4) is 0 Å². The fourth-order valence-electron chi connectivity index (χ4n) is 3.15. The highest BCUT2D eigenvalue weighted by Gasteiger charge is 2.34. The van der Waals surface area contributed by atoms with Gasteiger partial charge in [0, 0.05) is 16.7 Å². The lowest BCUT2D eigenvalue weighted by Crippen LogP contribution is -2.33. The summed E-state index contributed by atoms with van der Waals surface area (Å²) in [6.45, 7) is 19.6. The number of thiol groups is 1. The van der Waals surface area contributed by atoms with Crippen LogP contribution in [0.15, 0.2) is 43.0 Å². The predicted octanol–water partition coefficient (Wildman–Crippen LogP) is 7.99. The summed E-state index contributed by atoms with van der Waals surface area (Å²) < 4.78 is -0.0890. The maximum atomic E-state index is 12.7. The second-order valence-corrected chi connectivity index (χ2v) is 11.2. The molecular weight excluding hydrogens is 360 g/mol. The zero-order valence-electron chi connectivity index (χ0n) is 18.6. The number of ketones is 1. The summed E-state index contributed by atoms with van der Waals surface area (Å²) in [6.07, 6.45) is 2.47. The van der Waals surface area contributed by atoms with Gasteiger partial charge in [-0.2, -0.15) is 12.6 Å². The SMILES string of the molecule is C=C(CC(C)(C)C(C)(C)S)c1ccc2cc(C(=O)CC(C)(C)CC)ccc2c1. The van der Waals surface area contributed by atoms with E-state index in [0.717, 1.165) is 40.3 Å². The molecule has 0 bridgehead atoms. The fraction of sp³-hybridized carbons (Fsp3) is 0.500. The molecule has 2 heteroatoms. The maximum Gasteiger partial charge on any atom is 0.163 e. The molecule has 0 radical (unpaired) electrons. The van der Waals surface area contributed by atoms with Crippen LogP contribution in [0.1, 0.15) is 83.7 Å². The minimum atomic E-state index is -0.0890. The van der Waals surface area contributed by atoms with Gasteiger partial charge in [-0.1, -0.05) is 85.7 Å². The van der Waals surface area contributed by atoms with E-state index in [-0.39, 0.29) is 21.4 Å². The van der Waals surface area contributed by atoms with Crippen LogP contribution in [0.4, 0.5) is 0 Å². The lowest BCUT2D eigenvalue weighted by Gasteiger charge is -2.38. The number of carbonyl (C=O) groups excluding carboxylic acids is 1. The molecule has 0 fully saturated rings. The van der Waals surface area contributed by atoms with Crippen molar-refractivity contribution in [3.63, 3.8) is 0 Å². The third kappa shape index (κ3) is 5.29. The number of fused-ring (bicyclic) bond motifs is 1. The van der Waals surface area contributed by atoms with Crippen molar-refractivity contribution in [2.24, 2.45) is 10.8 Å². The number of allylic oxidation sites excluding steroid dienone is 1. The molecule has 0 atom stereocenters. The van der Waals surface area contributed by atoms with E-state index in [2.05, 4.69) is 79.3 Å². The van der Waals surface area contributed by atoms with E-state index in [0.29, 0.717) is 6.42 Å². The number of benzene rings is 2. The standard InChI is InChI=1S/C26H36OS/c1-9-24(3,4)17-23(27)22-13-12-20-14-19(10-11-21(20)15-22)18(2)16-25(5,6)26(7,8)28/h10-15,28H,2,9,16-17H2,1,3-8H3. The van der Waals surface area contributed by atoms with Gasteiger partial charge in [0.2, 0.25) is 0 Å². The molecule has 0 heterocycles. The second-order valence-electron chi connectivity index (χ2n) is 10.1. The number of hydrogen-bond donors (Lipinski definition) is 1. The van der Waals surface area contributed by atoms with Crippen LogP contribution in [0.25, 0.3) is 16.3 Å². The smallest absolute Gasteiger partial charge is 0.163 e. The Hall–Kier alpha value is -1.54. The Morgan fingerprint density at radius 3 is 1.89 bits per heavy atom. The first-order valence-corrected chi connectivity index (χ1v) is 10.7. The van der Waals surface area contributed by atoms with Crippen molar-refractivity contribution in [3.8, 4) is 0 Å². The molecule has 0 aliphatic rings. The van der Waals surface area contributed by atoms with Crippen molar-refractivity contribution >= 4 is 34.8 Å². The molecular formula is C26H36OS. The number of rotatable bonds is 8. The predicted molar refractivity (Wildman–Crippen MR) is 127 cm³/mol. The Morgan fingerprint density at radius 2 is 1.39 bits per heavy atom. The highest BCUT2D eigenvalue weighted by atomic mass is 32.1. The van der Waals surface area contributed by atoms with Gasteiger partial charge < -0.3 is 0 Å². The van der Waals surface area contributed by atoms with Crippen molar-refractivity contribution in [2.45, 2.75) is 72.5 Å². The summed E-state index contributed by atoms with van der Waals surface area (Å²) in [5.41, 5.74) is 3.16. The quantitative estimate of drug-likeness (QED) is 0.353. The van der Waals surface area contributed by atoms with E-state index in [9.17, 15) is 4.79 Å². The molecule has 0 aliphatic heterocycles. The molecule has 2 aromatic rings. The molecule has 0 aliphatic carbocycles. The number of Topliss-reactive ketones (excluding diaryl/α,β-unsaturated/α-hetero) is 1. The Balaban J connectivity index is 2.26. The normalized spacial score (nSPS) is 13.0. The minimum absolute atomic E-state index is 0.0323. The van der Waals surface area contributed by atoms with E-state index < -0.39 is 0 Å². The van der Waals surface area contributed by atoms with Crippen LogP contribution in [0.2, 0.25) is 0 Å². The van der Waals surface area contributed by atoms with Gasteiger partial charge in [-0.05, 0) is 51.3 Å². The Morgan fingerprint density at radius 1 is 0.893 bits per heavy atom. The average molecular weight is 397 g/mol. The third-order valence-electron chi connectivity index (χ3n) is 6.48. The van der Waals surface area contributed by atoms with E-state index in [1.54, 1.807) is 0 Å². The van der Waals surface area contributed by atoms with E-state index in [1.165, 1.54) is 0 Å². The summed E-state index contributed by atoms with van der Waals surface area (Å²) in [5, 5.41) is 2.25. The lowest BCUT2D eigenvalue weighted by atomic mass is 9.74. The van der Waals surface area contributed by atoms with Crippen molar-refractivity contribution in [3.05, 3.63) is 54.1 Å². The zero-order valence-corrected chi connectivity index (χ0v) is 19.5. The van der Waals surface area contributed by atoms with Gasteiger partial charge in [-0.3, -0.25) is 4.79 Å². The molecule has 152 valence electrons. The maximum absolute atomic E-state index is 12.7. The van der Waals surface area contributed by atoms with E-state index >= 15 is 0 Å². The first-order valence-electron chi connectivity index (χ1n) is 10.2. The summed E-state index contributed by atoms with van der Waals surface area (Å²) in [7, 11) is 0. The van der Waals surface area contributed by atoms with Gasteiger partial charge in [0.25, 0.3) is 0 Å². The van der Waals surface area contributed by atoms with Gasteiger partial charge in [0.1, 0.15) is 0 Å². The highest BCUT2D eigenvalue weighted by Crippen LogP contribution is 2.42. The van der Waals surface area contributed by atoms with Gasteiger partial charge in [0.15, 0.2) is 5.78 Å². The first-order chi connectivity index (χ1) is 12.8. The Kier molecular flexibility index (Phi) is 6.55. The summed E-state index contributed by atoms with van der Waals surface area (Å²) >= 11 is 4.77. The first kappa shape index (κ1) is 22.7. The van der Waals surface area contributed by atoms with Gasteiger partial charge in [-0.15, -0.1) is 0 Å². The summed E-state index contributed by atoms with van der Waals surface area (Å²) in [5.74, 6) is 0.222.